The van der Waals surface area contributed by atoms with Crippen molar-refractivity contribution < 1.29 is 19.7 Å². The maximum atomic E-state index is 11.4. The molecule has 1 unspecified atom stereocenters. The first-order chi connectivity index (χ1) is 6.97. The molecule has 3 N–H and O–H groups in total. The van der Waals surface area contributed by atoms with Gasteiger partial charge in [0.1, 0.15) is 0 Å². The summed E-state index contributed by atoms with van der Waals surface area (Å²) in [7, 11) is 1.59. The summed E-state index contributed by atoms with van der Waals surface area (Å²) in [5.74, 6) is -0.190. The normalized spacial score (nSPS) is 13.7. The number of nitrogens with one attached hydrogen (secondary N) is 1. The molecule has 1 atom stereocenters. The fourth-order valence-corrected chi connectivity index (χ4v) is 0.980. The molecule has 0 saturated carbocycles. The van der Waals surface area contributed by atoms with Gasteiger partial charge in [-0.15, -0.1) is 0 Å². The predicted octanol–water partition coefficient (Wildman–Crippen LogP) is -0.339. The van der Waals surface area contributed by atoms with E-state index in [2.05, 4.69) is 5.32 Å². The minimum atomic E-state index is -0.937. The van der Waals surface area contributed by atoms with E-state index < -0.39 is 5.54 Å². The Balaban J connectivity index is 3.92. The second-order valence-electron chi connectivity index (χ2n) is 4.01. The smallest absolute Gasteiger partial charge is 0.220 e. The fourth-order valence-electron chi connectivity index (χ4n) is 0.980. The summed E-state index contributed by atoms with van der Waals surface area (Å²) < 4.78 is 5.00. The topological polar surface area (TPSA) is 78.8 Å². The van der Waals surface area contributed by atoms with Crippen LogP contribution in [-0.2, 0) is 9.53 Å². The van der Waals surface area contributed by atoms with E-state index in [1.54, 1.807) is 14.0 Å². The molecule has 0 aliphatic rings. The number of carbonyl (C=O) groups is 1. The van der Waals surface area contributed by atoms with Crippen molar-refractivity contribution in [2.45, 2.75) is 38.3 Å². The molecule has 5 nitrogen and oxygen atoms in total. The molecule has 15 heavy (non-hydrogen) atoms. The lowest BCUT2D eigenvalue weighted by molar-refractivity contribution is -0.124. The van der Waals surface area contributed by atoms with Crippen LogP contribution in [0.4, 0.5) is 0 Å². The Bertz CT molecular complexity index is 192. The third kappa shape index (κ3) is 5.71. The van der Waals surface area contributed by atoms with Crippen molar-refractivity contribution in [2.75, 3.05) is 20.3 Å². The highest BCUT2D eigenvalue weighted by molar-refractivity contribution is 5.76. The molecule has 0 aliphatic carbocycles. The van der Waals surface area contributed by atoms with Crippen molar-refractivity contribution in [3.63, 3.8) is 0 Å². The molecule has 0 rings (SSSR count). The largest absolute Gasteiger partial charge is 0.394 e. The Hall–Kier alpha value is -0.650. The zero-order valence-electron chi connectivity index (χ0n) is 9.62. The molecule has 0 saturated heterocycles. The monoisotopic (exact) mass is 219 g/mol. The highest BCUT2D eigenvalue weighted by Gasteiger charge is 2.24. The highest BCUT2D eigenvalue weighted by Crippen LogP contribution is 2.04. The summed E-state index contributed by atoms with van der Waals surface area (Å²) in [6.07, 6.45) is 0.977. The van der Waals surface area contributed by atoms with Gasteiger partial charge in [0.25, 0.3) is 0 Å². The van der Waals surface area contributed by atoms with Gasteiger partial charge in [0.15, 0.2) is 0 Å². The first kappa shape index (κ1) is 14.3. The second kappa shape index (κ2) is 6.76. The van der Waals surface area contributed by atoms with Gasteiger partial charge in [-0.1, -0.05) is 0 Å². The third-order valence-electron chi connectivity index (χ3n) is 2.32. The van der Waals surface area contributed by atoms with Crippen LogP contribution in [0, 0.1) is 0 Å². The Labute approximate surface area is 90.4 Å². The Kier molecular flexibility index (Phi) is 6.47. The van der Waals surface area contributed by atoms with E-state index in [1.807, 2.05) is 6.92 Å². The van der Waals surface area contributed by atoms with Crippen molar-refractivity contribution in [3.05, 3.63) is 0 Å². The van der Waals surface area contributed by atoms with E-state index in [-0.39, 0.29) is 25.2 Å². The molecule has 5 heteroatoms. The standard InChI is InChI=1S/C10H21NO4/c1-8(15-3)4-5-9(14)11-10(2,6-12)7-13/h8,12-13H,4-7H2,1-3H3,(H,11,14). The summed E-state index contributed by atoms with van der Waals surface area (Å²) in [6.45, 7) is 2.90. The summed E-state index contributed by atoms with van der Waals surface area (Å²) in [4.78, 5) is 11.4. The van der Waals surface area contributed by atoms with Crippen LogP contribution in [0.1, 0.15) is 26.7 Å². The molecule has 0 heterocycles. The SMILES string of the molecule is COC(C)CCC(=O)NC(C)(CO)CO. The minimum absolute atomic E-state index is 0.0326. The molecule has 0 bridgehead atoms. The van der Waals surface area contributed by atoms with Crippen molar-refractivity contribution in [1.82, 2.24) is 5.32 Å². The average molecular weight is 219 g/mol. The lowest BCUT2D eigenvalue weighted by Crippen LogP contribution is -2.51. The molecule has 0 spiro atoms. The number of carbonyl (C=O) groups excluding carboxylic acids is 1. The summed E-state index contributed by atoms with van der Waals surface area (Å²) in [5, 5.41) is 20.5. The zero-order valence-corrected chi connectivity index (χ0v) is 9.62. The third-order valence-corrected chi connectivity index (χ3v) is 2.32. The molecule has 0 aliphatic heterocycles. The first-order valence-corrected chi connectivity index (χ1v) is 5.03. The molecule has 0 radical (unpaired) electrons. The highest BCUT2D eigenvalue weighted by atomic mass is 16.5. The first-order valence-electron chi connectivity index (χ1n) is 5.03. The number of hydrogen-bond donors (Lipinski definition) is 3. The quantitative estimate of drug-likeness (QED) is 0.547. The molecular formula is C10H21NO4. The van der Waals surface area contributed by atoms with Gasteiger partial charge in [0.05, 0.1) is 24.9 Å². The summed E-state index contributed by atoms with van der Waals surface area (Å²) >= 11 is 0. The van der Waals surface area contributed by atoms with Crippen LogP contribution < -0.4 is 5.32 Å². The lowest BCUT2D eigenvalue weighted by atomic mass is 10.0. The van der Waals surface area contributed by atoms with Crippen molar-refractivity contribution >= 4 is 5.91 Å². The molecule has 1 amide bonds. The van der Waals surface area contributed by atoms with Crippen molar-refractivity contribution in [1.29, 1.82) is 0 Å². The van der Waals surface area contributed by atoms with Gasteiger partial charge in [-0.25, -0.2) is 0 Å². The summed E-state index contributed by atoms with van der Waals surface area (Å²) in [6, 6.07) is 0. The van der Waals surface area contributed by atoms with Crippen LogP contribution in [0.15, 0.2) is 0 Å². The number of hydrogen-bond acceptors (Lipinski definition) is 4. The van der Waals surface area contributed by atoms with E-state index in [4.69, 9.17) is 14.9 Å². The molecule has 0 fully saturated rings. The zero-order chi connectivity index (χ0) is 11.9. The Morgan fingerprint density at radius 3 is 2.40 bits per heavy atom. The summed E-state index contributed by atoms with van der Waals surface area (Å²) in [5.41, 5.74) is -0.937. The Morgan fingerprint density at radius 2 is 2.00 bits per heavy atom. The van der Waals surface area contributed by atoms with Gasteiger partial charge in [0.2, 0.25) is 5.91 Å². The Morgan fingerprint density at radius 1 is 1.47 bits per heavy atom. The number of ether oxygens (including phenoxy) is 1. The fraction of sp³-hybridized carbons (Fsp3) is 0.900. The van der Waals surface area contributed by atoms with Gasteiger partial charge < -0.3 is 20.3 Å². The van der Waals surface area contributed by atoms with Gasteiger partial charge in [-0.2, -0.15) is 0 Å². The van der Waals surface area contributed by atoms with Crippen molar-refractivity contribution in [2.24, 2.45) is 0 Å². The maximum Gasteiger partial charge on any atom is 0.220 e. The minimum Gasteiger partial charge on any atom is -0.394 e. The van der Waals surface area contributed by atoms with E-state index in [0.29, 0.717) is 12.8 Å². The van der Waals surface area contributed by atoms with Crippen molar-refractivity contribution in [3.8, 4) is 0 Å². The number of methoxy groups -OCH3 is 1. The van der Waals surface area contributed by atoms with Gasteiger partial charge in [0, 0.05) is 13.5 Å². The van der Waals surface area contributed by atoms with Crippen LogP contribution in [0.25, 0.3) is 0 Å². The lowest BCUT2D eigenvalue weighted by Gasteiger charge is -2.26. The van der Waals surface area contributed by atoms with E-state index in [0.717, 1.165) is 0 Å². The van der Waals surface area contributed by atoms with Crippen LogP contribution in [0.3, 0.4) is 0 Å². The number of aliphatic hydroxyl groups is 2. The maximum absolute atomic E-state index is 11.4. The molecule has 0 aromatic rings. The molecule has 0 aromatic carbocycles. The van der Waals surface area contributed by atoms with Crippen LogP contribution in [0.2, 0.25) is 0 Å². The van der Waals surface area contributed by atoms with Gasteiger partial charge in [-0.3, -0.25) is 4.79 Å². The predicted molar refractivity (Wildman–Crippen MR) is 56.4 cm³/mol. The average Bonchev–Trinajstić information content (AvgIpc) is 2.25. The number of aliphatic hydroxyl groups excluding tert-OH is 2. The van der Waals surface area contributed by atoms with Crippen LogP contribution in [-0.4, -0.2) is 48.1 Å². The number of rotatable bonds is 7. The van der Waals surface area contributed by atoms with Gasteiger partial charge in [-0.05, 0) is 20.3 Å². The van der Waals surface area contributed by atoms with Crippen LogP contribution >= 0.6 is 0 Å². The van der Waals surface area contributed by atoms with E-state index in [9.17, 15) is 4.79 Å². The molecule has 90 valence electrons. The second-order valence-corrected chi connectivity index (χ2v) is 4.01. The van der Waals surface area contributed by atoms with Crippen LogP contribution in [0.5, 0.6) is 0 Å². The van der Waals surface area contributed by atoms with Gasteiger partial charge >= 0.3 is 0 Å². The van der Waals surface area contributed by atoms with E-state index in [1.165, 1.54) is 0 Å². The molecular weight excluding hydrogens is 198 g/mol. The molecule has 0 aromatic heterocycles. The number of amides is 1. The van der Waals surface area contributed by atoms with E-state index >= 15 is 0 Å².